The lowest BCUT2D eigenvalue weighted by molar-refractivity contribution is 1.07. The zero-order chi connectivity index (χ0) is 8.27. The van der Waals surface area contributed by atoms with E-state index in [4.69, 9.17) is 5.73 Å². The van der Waals surface area contributed by atoms with E-state index >= 15 is 0 Å². The highest BCUT2D eigenvalue weighted by Crippen LogP contribution is 2.18. The average molecular weight is 215 g/mol. The molecular formula is C8H11BrN2. The van der Waals surface area contributed by atoms with E-state index < -0.39 is 0 Å². The Kier molecular flexibility index (Phi) is 2.91. The van der Waals surface area contributed by atoms with Crippen LogP contribution in [0.3, 0.4) is 0 Å². The molecule has 0 saturated carbocycles. The van der Waals surface area contributed by atoms with Crippen molar-refractivity contribution in [1.82, 2.24) is 0 Å². The van der Waals surface area contributed by atoms with Gasteiger partial charge in [0.1, 0.15) is 0 Å². The molecule has 1 aromatic rings. The molecule has 0 bridgehead atoms. The van der Waals surface area contributed by atoms with E-state index in [1.165, 1.54) is 0 Å². The van der Waals surface area contributed by atoms with Gasteiger partial charge in [-0.1, -0.05) is 15.9 Å². The van der Waals surface area contributed by atoms with Crippen LogP contribution in [0.25, 0.3) is 0 Å². The van der Waals surface area contributed by atoms with Crippen LogP contribution in [-0.4, -0.2) is 7.05 Å². The van der Waals surface area contributed by atoms with Gasteiger partial charge in [-0.05, 0) is 23.8 Å². The molecule has 0 fully saturated rings. The zero-order valence-electron chi connectivity index (χ0n) is 6.39. The summed E-state index contributed by atoms with van der Waals surface area (Å²) in [6.07, 6.45) is 0. The van der Waals surface area contributed by atoms with E-state index in [1.807, 2.05) is 25.2 Å². The van der Waals surface area contributed by atoms with Crippen molar-refractivity contribution in [3.8, 4) is 0 Å². The minimum atomic E-state index is 0.577. The Labute approximate surface area is 74.9 Å². The molecule has 0 amide bonds. The molecule has 0 aromatic heterocycles. The normalized spacial score (nSPS) is 9.73. The molecule has 0 radical (unpaired) electrons. The van der Waals surface area contributed by atoms with Crippen LogP contribution < -0.4 is 11.1 Å². The highest BCUT2D eigenvalue weighted by molar-refractivity contribution is 9.10. The number of anilines is 1. The first-order valence-corrected chi connectivity index (χ1v) is 4.23. The Morgan fingerprint density at radius 1 is 1.45 bits per heavy atom. The Morgan fingerprint density at radius 2 is 2.18 bits per heavy atom. The number of hydrogen-bond donors (Lipinski definition) is 2. The van der Waals surface area contributed by atoms with Crippen molar-refractivity contribution >= 4 is 21.6 Å². The second-order valence-corrected chi connectivity index (χ2v) is 3.22. The van der Waals surface area contributed by atoms with Gasteiger partial charge in [-0.15, -0.1) is 0 Å². The average Bonchev–Trinajstić information content (AvgIpc) is 2.03. The molecule has 2 nitrogen and oxygen atoms in total. The van der Waals surface area contributed by atoms with Gasteiger partial charge >= 0.3 is 0 Å². The van der Waals surface area contributed by atoms with E-state index in [9.17, 15) is 0 Å². The van der Waals surface area contributed by atoms with Gasteiger partial charge in [-0.25, -0.2) is 0 Å². The molecule has 0 saturated heterocycles. The molecule has 0 atom stereocenters. The van der Waals surface area contributed by atoms with E-state index in [0.29, 0.717) is 6.54 Å². The molecule has 0 heterocycles. The predicted molar refractivity (Wildman–Crippen MR) is 51.6 cm³/mol. The lowest BCUT2D eigenvalue weighted by atomic mass is 10.2. The van der Waals surface area contributed by atoms with Crippen molar-refractivity contribution < 1.29 is 0 Å². The molecule has 11 heavy (non-hydrogen) atoms. The number of nitrogens with one attached hydrogen (secondary N) is 1. The van der Waals surface area contributed by atoms with Gasteiger partial charge < -0.3 is 11.1 Å². The fraction of sp³-hybridized carbons (Fsp3) is 0.250. The van der Waals surface area contributed by atoms with Gasteiger partial charge in [0.25, 0.3) is 0 Å². The van der Waals surface area contributed by atoms with Crippen molar-refractivity contribution in [1.29, 1.82) is 0 Å². The van der Waals surface area contributed by atoms with Crippen LogP contribution in [-0.2, 0) is 6.54 Å². The summed E-state index contributed by atoms with van der Waals surface area (Å²) in [6.45, 7) is 0.577. The monoisotopic (exact) mass is 214 g/mol. The molecule has 0 spiro atoms. The molecule has 3 heteroatoms. The van der Waals surface area contributed by atoms with Crippen molar-refractivity contribution in [3.63, 3.8) is 0 Å². The number of benzene rings is 1. The first-order valence-electron chi connectivity index (χ1n) is 3.43. The quantitative estimate of drug-likeness (QED) is 0.791. The Hall–Kier alpha value is -0.540. The summed E-state index contributed by atoms with van der Waals surface area (Å²) < 4.78 is 1.06. The van der Waals surface area contributed by atoms with Crippen molar-refractivity contribution in [2.45, 2.75) is 6.54 Å². The van der Waals surface area contributed by atoms with E-state index in [0.717, 1.165) is 15.7 Å². The molecule has 60 valence electrons. The van der Waals surface area contributed by atoms with Gasteiger partial charge in [0, 0.05) is 23.8 Å². The van der Waals surface area contributed by atoms with Gasteiger partial charge in [0.2, 0.25) is 0 Å². The predicted octanol–water partition coefficient (Wildman–Crippen LogP) is 1.95. The maximum atomic E-state index is 5.49. The van der Waals surface area contributed by atoms with E-state index in [2.05, 4.69) is 21.2 Å². The van der Waals surface area contributed by atoms with Crippen LogP contribution in [0.4, 0.5) is 5.69 Å². The van der Waals surface area contributed by atoms with Crippen LogP contribution >= 0.6 is 15.9 Å². The van der Waals surface area contributed by atoms with Crippen molar-refractivity contribution in [2.24, 2.45) is 5.73 Å². The maximum Gasteiger partial charge on any atom is 0.0352 e. The highest BCUT2D eigenvalue weighted by Gasteiger charge is 1.95. The third kappa shape index (κ3) is 2.20. The van der Waals surface area contributed by atoms with Crippen LogP contribution in [0.15, 0.2) is 22.7 Å². The summed E-state index contributed by atoms with van der Waals surface area (Å²) in [4.78, 5) is 0. The SMILES string of the molecule is CNc1cc(Br)cc(CN)c1. The summed E-state index contributed by atoms with van der Waals surface area (Å²) in [5.74, 6) is 0. The first kappa shape index (κ1) is 8.56. The van der Waals surface area contributed by atoms with E-state index in [1.54, 1.807) is 0 Å². The van der Waals surface area contributed by atoms with E-state index in [-0.39, 0.29) is 0 Å². The molecule has 0 aliphatic rings. The summed E-state index contributed by atoms with van der Waals surface area (Å²) in [5.41, 5.74) is 7.71. The second kappa shape index (κ2) is 3.74. The molecule has 3 N–H and O–H groups in total. The standard InChI is InChI=1S/C8H11BrN2/c1-11-8-3-6(5-10)2-7(9)4-8/h2-4,11H,5,10H2,1H3. The lowest BCUT2D eigenvalue weighted by Crippen LogP contribution is -1.97. The zero-order valence-corrected chi connectivity index (χ0v) is 7.98. The highest BCUT2D eigenvalue weighted by atomic mass is 79.9. The topological polar surface area (TPSA) is 38.0 Å². The van der Waals surface area contributed by atoms with Gasteiger partial charge in [-0.2, -0.15) is 0 Å². The lowest BCUT2D eigenvalue weighted by Gasteiger charge is -2.03. The summed E-state index contributed by atoms with van der Waals surface area (Å²) in [6, 6.07) is 6.06. The molecule has 1 rings (SSSR count). The van der Waals surface area contributed by atoms with Gasteiger partial charge in [-0.3, -0.25) is 0 Å². The number of rotatable bonds is 2. The third-order valence-electron chi connectivity index (χ3n) is 1.48. The first-order chi connectivity index (χ1) is 5.26. The van der Waals surface area contributed by atoms with Crippen LogP contribution in [0.1, 0.15) is 5.56 Å². The smallest absolute Gasteiger partial charge is 0.0352 e. The fourth-order valence-electron chi connectivity index (χ4n) is 0.913. The Bertz CT molecular complexity index is 226. The molecule has 0 unspecified atom stereocenters. The summed E-state index contributed by atoms with van der Waals surface area (Å²) in [7, 11) is 1.89. The molecule has 0 aliphatic heterocycles. The number of hydrogen-bond acceptors (Lipinski definition) is 2. The van der Waals surface area contributed by atoms with Gasteiger partial charge in [0.15, 0.2) is 0 Å². The molecular weight excluding hydrogens is 204 g/mol. The maximum absolute atomic E-state index is 5.49. The largest absolute Gasteiger partial charge is 0.388 e. The summed E-state index contributed by atoms with van der Waals surface area (Å²) >= 11 is 3.40. The number of halogens is 1. The van der Waals surface area contributed by atoms with Crippen molar-refractivity contribution in [2.75, 3.05) is 12.4 Å². The minimum Gasteiger partial charge on any atom is -0.388 e. The van der Waals surface area contributed by atoms with Gasteiger partial charge in [0.05, 0.1) is 0 Å². The van der Waals surface area contributed by atoms with Crippen LogP contribution in [0, 0.1) is 0 Å². The van der Waals surface area contributed by atoms with Crippen molar-refractivity contribution in [3.05, 3.63) is 28.2 Å². The fourth-order valence-corrected chi connectivity index (χ4v) is 1.45. The van der Waals surface area contributed by atoms with Crippen LogP contribution in [0.5, 0.6) is 0 Å². The second-order valence-electron chi connectivity index (χ2n) is 2.30. The Morgan fingerprint density at radius 3 is 2.73 bits per heavy atom. The third-order valence-corrected chi connectivity index (χ3v) is 1.94. The molecule has 0 aliphatic carbocycles. The number of nitrogens with two attached hydrogens (primary N) is 1. The van der Waals surface area contributed by atoms with Crippen LogP contribution in [0.2, 0.25) is 0 Å². The summed E-state index contributed by atoms with van der Waals surface area (Å²) in [5, 5.41) is 3.06. The minimum absolute atomic E-state index is 0.577. The Balaban J connectivity index is 3.02. The molecule has 1 aromatic carbocycles.